The standard InChI is InChI=1S/C28H29N5O3/c1-30(2)27(35)20-31-14-16-32(17-15-31)26(34)13-12-22-19-33(23-9-4-3-5-10-23)29-28(22)25-18-21-8-6-7-11-24(21)36-25/h3-13,18-19H,14-17,20H2,1-2H3. The van der Waals surface area contributed by atoms with Crippen LogP contribution in [0.1, 0.15) is 5.56 Å². The van der Waals surface area contributed by atoms with Crippen LogP contribution in [0, 0.1) is 0 Å². The fourth-order valence-electron chi connectivity index (χ4n) is 4.24. The molecule has 5 rings (SSSR count). The van der Waals surface area contributed by atoms with Gasteiger partial charge in [-0.2, -0.15) is 5.10 Å². The lowest BCUT2D eigenvalue weighted by Crippen LogP contribution is -2.50. The van der Waals surface area contributed by atoms with E-state index < -0.39 is 0 Å². The number of hydrogen-bond donors (Lipinski definition) is 0. The maximum Gasteiger partial charge on any atom is 0.246 e. The Hall–Kier alpha value is -4.17. The van der Waals surface area contributed by atoms with E-state index in [-0.39, 0.29) is 11.8 Å². The van der Waals surface area contributed by atoms with Crippen molar-refractivity contribution in [2.45, 2.75) is 0 Å². The summed E-state index contributed by atoms with van der Waals surface area (Å²) in [5.74, 6) is 0.664. The van der Waals surface area contributed by atoms with Gasteiger partial charge in [0, 0.05) is 63.5 Å². The van der Waals surface area contributed by atoms with Crippen molar-refractivity contribution in [2.75, 3.05) is 46.8 Å². The number of benzene rings is 2. The summed E-state index contributed by atoms with van der Waals surface area (Å²) in [5.41, 5.74) is 3.18. The minimum absolute atomic E-state index is 0.0587. The van der Waals surface area contributed by atoms with Crippen molar-refractivity contribution in [3.63, 3.8) is 0 Å². The van der Waals surface area contributed by atoms with E-state index in [9.17, 15) is 9.59 Å². The highest BCUT2D eigenvalue weighted by atomic mass is 16.3. The molecule has 1 aliphatic heterocycles. The molecular formula is C28H29N5O3. The quantitative estimate of drug-likeness (QED) is 0.392. The Kier molecular flexibility index (Phi) is 6.69. The number of amides is 2. The van der Waals surface area contributed by atoms with Crippen LogP contribution in [0.25, 0.3) is 34.2 Å². The molecule has 4 aromatic rings. The Morgan fingerprint density at radius 1 is 1.00 bits per heavy atom. The zero-order valence-corrected chi connectivity index (χ0v) is 20.5. The van der Waals surface area contributed by atoms with Gasteiger partial charge in [0.2, 0.25) is 11.8 Å². The lowest BCUT2D eigenvalue weighted by molar-refractivity contribution is -0.131. The monoisotopic (exact) mass is 483 g/mol. The van der Waals surface area contributed by atoms with Gasteiger partial charge in [-0.25, -0.2) is 4.68 Å². The van der Waals surface area contributed by atoms with Crippen LogP contribution in [0.15, 0.2) is 77.4 Å². The lowest BCUT2D eigenvalue weighted by atomic mass is 10.1. The molecular weight excluding hydrogens is 454 g/mol. The van der Waals surface area contributed by atoms with E-state index >= 15 is 0 Å². The van der Waals surface area contributed by atoms with E-state index in [1.807, 2.05) is 71.8 Å². The number of rotatable bonds is 6. The Bertz CT molecular complexity index is 1360. The van der Waals surface area contributed by atoms with Crippen molar-refractivity contribution in [1.82, 2.24) is 24.5 Å². The van der Waals surface area contributed by atoms with Crippen molar-refractivity contribution in [1.29, 1.82) is 0 Å². The summed E-state index contributed by atoms with van der Waals surface area (Å²) < 4.78 is 7.88. The minimum atomic E-state index is -0.0587. The minimum Gasteiger partial charge on any atom is -0.454 e. The van der Waals surface area contributed by atoms with Crippen LogP contribution >= 0.6 is 0 Å². The number of hydrogen-bond acceptors (Lipinski definition) is 5. The molecule has 0 aliphatic carbocycles. The van der Waals surface area contributed by atoms with Crippen LogP contribution in [0.3, 0.4) is 0 Å². The number of carbonyl (C=O) groups is 2. The molecule has 1 aliphatic rings. The summed E-state index contributed by atoms with van der Waals surface area (Å²) in [6.07, 6.45) is 5.31. The van der Waals surface area contributed by atoms with Crippen molar-refractivity contribution >= 4 is 28.9 Å². The maximum absolute atomic E-state index is 13.0. The molecule has 2 aromatic heterocycles. The predicted molar refractivity (Wildman–Crippen MR) is 140 cm³/mol. The number of furan rings is 1. The average Bonchev–Trinajstić information content (AvgIpc) is 3.52. The van der Waals surface area contributed by atoms with Gasteiger partial charge in [0.05, 0.1) is 12.2 Å². The van der Waals surface area contributed by atoms with Crippen molar-refractivity contribution in [3.8, 4) is 17.1 Å². The number of para-hydroxylation sites is 2. The molecule has 1 fully saturated rings. The van der Waals surface area contributed by atoms with Gasteiger partial charge in [-0.3, -0.25) is 14.5 Å². The molecule has 0 unspecified atom stereocenters. The van der Waals surface area contributed by atoms with E-state index in [0.717, 1.165) is 22.2 Å². The average molecular weight is 484 g/mol. The van der Waals surface area contributed by atoms with Crippen LogP contribution < -0.4 is 0 Å². The third-order valence-corrected chi connectivity index (χ3v) is 6.37. The van der Waals surface area contributed by atoms with Crippen LogP contribution in [0.2, 0.25) is 0 Å². The van der Waals surface area contributed by atoms with Gasteiger partial charge >= 0.3 is 0 Å². The van der Waals surface area contributed by atoms with Crippen LogP contribution in [0.4, 0.5) is 0 Å². The lowest BCUT2D eigenvalue weighted by Gasteiger charge is -2.34. The first kappa shape index (κ1) is 23.6. The topological polar surface area (TPSA) is 74.8 Å². The number of carbonyl (C=O) groups excluding carboxylic acids is 2. The predicted octanol–water partition coefficient (Wildman–Crippen LogP) is 3.53. The molecule has 0 bridgehead atoms. The first-order valence-electron chi connectivity index (χ1n) is 12.0. The number of fused-ring (bicyclic) bond motifs is 1. The molecule has 8 nitrogen and oxygen atoms in total. The Labute approximate surface area is 210 Å². The van der Waals surface area contributed by atoms with Gasteiger partial charge in [-0.1, -0.05) is 36.4 Å². The number of aromatic nitrogens is 2. The molecule has 0 saturated carbocycles. The molecule has 2 aromatic carbocycles. The molecule has 2 amide bonds. The molecule has 3 heterocycles. The van der Waals surface area contributed by atoms with E-state index in [1.165, 1.54) is 0 Å². The van der Waals surface area contributed by atoms with Crippen molar-refractivity contribution in [2.24, 2.45) is 0 Å². The highest BCUT2D eigenvalue weighted by Crippen LogP contribution is 2.30. The normalized spacial score (nSPS) is 14.6. The number of likely N-dealkylation sites (N-methyl/N-ethyl adjacent to an activating group) is 1. The summed E-state index contributed by atoms with van der Waals surface area (Å²) in [6.45, 7) is 2.91. The van der Waals surface area contributed by atoms with E-state index in [2.05, 4.69) is 4.90 Å². The zero-order chi connectivity index (χ0) is 25.1. The van der Waals surface area contributed by atoms with Crippen LogP contribution in [-0.2, 0) is 9.59 Å². The SMILES string of the molecule is CN(C)C(=O)CN1CCN(C(=O)C=Cc2cn(-c3ccccc3)nc2-c2cc3ccccc3o2)CC1. The van der Waals surface area contributed by atoms with E-state index in [4.69, 9.17) is 9.52 Å². The van der Waals surface area contributed by atoms with Gasteiger partial charge in [0.1, 0.15) is 11.3 Å². The largest absolute Gasteiger partial charge is 0.454 e. The third kappa shape index (κ3) is 5.08. The smallest absolute Gasteiger partial charge is 0.246 e. The maximum atomic E-state index is 13.0. The summed E-state index contributed by atoms with van der Waals surface area (Å²) in [4.78, 5) is 30.4. The summed E-state index contributed by atoms with van der Waals surface area (Å²) in [6, 6.07) is 19.7. The van der Waals surface area contributed by atoms with Gasteiger partial charge < -0.3 is 14.2 Å². The highest BCUT2D eigenvalue weighted by Gasteiger charge is 2.22. The van der Waals surface area contributed by atoms with Gasteiger partial charge in [-0.05, 0) is 30.3 Å². The highest BCUT2D eigenvalue weighted by molar-refractivity contribution is 5.93. The summed E-state index contributed by atoms with van der Waals surface area (Å²) in [5, 5.41) is 5.79. The number of piperazine rings is 1. The molecule has 1 saturated heterocycles. The van der Waals surface area contributed by atoms with Crippen molar-refractivity contribution in [3.05, 3.63) is 78.5 Å². The molecule has 36 heavy (non-hydrogen) atoms. The second-order valence-corrected chi connectivity index (χ2v) is 9.08. The van der Waals surface area contributed by atoms with Crippen LogP contribution in [0.5, 0.6) is 0 Å². The Morgan fingerprint density at radius 2 is 1.72 bits per heavy atom. The summed E-state index contributed by atoms with van der Waals surface area (Å²) in [7, 11) is 3.51. The molecule has 0 atom stereocenters. The Morgan fingerprint density at radius 3 is 2.44 bits per heavy atom. The second-order valence-electron chi connectivity index (χ2n) is 9.08. The molecule has 0 spiro atoms. The third-order valence-electron chi connectivity index (χ3n) is 6.37. The van der Waals surface area contributed by atoms with Gasteiger partial charge in [0.15, 0.2) is 5.76 Å². The molecule has 8 heteroatoms. The fraction of sp³-hybridized carbons (Fsp3) is 0.250. The Balaban J connectivity index is 1.36. The van der Waals surface area contributed by atoms with Crippen LogP contribution in [-0.4, -0.2) is 83.1 Å². The van der Waals surface area contributed by atoms with Gasteiger partial charge in [0.25, 0.3) is 0 Å². The molecule has 184 valence electrons. The van der Waals surface area contributed by atoms with E-state index in [0.29, 0.717) is 44.2 Å². The fourth-order valence-corrected chi connectivity index (χ4v) is 4.24. The molecule has 0 radical (unpaired) electrons. The summed E-state index contributed by atoms with van der Waals surface area (Å²) >= 11 is 0. The molecule has 0 N–H and O–H groups in total. The zero-order valence-electron chi connectivity index (χ0n) is 20.5. The second kappa shape index (κ2) is 10.2. The van der Waals surface area contributed by atoms with Gasteiger partial charge in [-0.15, -0.1) is 0 Å². The number of nitrogens with zero attached hydrogens (tertiary/aromatic N) is 5. The van der Waals surface area contributed by atoms with E-state index in [1.54, 1.807) is 35.8 Å². The first-order chi connectivity index (χ1) is 17.5. The first-order valence-corrected chi connectivity index (χ1v) is 12.0. The van der Waals surface area contributed by atoms with Crippen molar-refractivity contribution < 1.29 is 14.0 Å².